The van der Waals surface area contributed by atoms with Gasteiger partial charge in [-0.05, 0) is 35.4 Å². The minimum Gasteiger partial charge on any atom is -0.508 e. The number of aromatic hydroxyl groups is 2. The van der Waals surface area contributed by atoms with Gasteiger partial charge in [0.2, 0.25) is 0 Å². The van der Waals surface area contributed by atoms with Crippen molar-refractivity contribution in [2.75, 3.05) is 0 Å². The highest BCUT2D eigenvalue weighted by molar-refractivity contribution is 5.91. The summed E-state index contributed by atoms with van der Waals surface area (Å²) in [4.78, 5) is 12.5. The summed E-state index contributed by atoms with van der Waals surface area (Å²) in [6, 6.07) is 13.4. The summed E-state index contributed by atoms with van der Waals surface area (Å²) in [7, 11) is 0. The van der Waals surface area contributed by atoms with Gasteiger partial charge in [0.25, 0.3) is 0 Å². The van der Waals surface area contributed by atoms with Crippen molar-refractivity contribution in [3.8, 4) is 11.5 Å². The van der Waals surface area contributed by atoms with Gasteiger partial charge in [0, 0.05) is 11.8 Å². The van der Waals surface area contributed by atoms with Gasteiger partial charge >= 0.3 is 0 Å². The molecule has 3 heteroatoms. The fraction of sp³-hybridized carbons (Fsp3) is 0.235. The molecule has 104 valence electrons. The van der Waals surface area contributed by atoms with Crippen molar-refractivity contribution in [1.29, 1.82) is 0 Å². The predicted molar refractivity (Wildman–Crippen MR) is 78.1 cm³/mol. The van der Waals surface area contributed by atoms with Crippen LogP contribution in [0.2, 0.25) is 0 Å². The van der Waals surface area contributed by atoms with Crippen molar-refractivity contribution in [2.24, 2.45) is 0 Å². The molecule has 2 N–H and O–H groups in total. The van der Waals surface area contributed by atoms with Crippen molar-refractivity contribution in [3.05, 3.63) is 59.7 Å². The third-order valence-electron chi connectivity index (χ3n) is 3.64. The molecule has 3 nitrogen and oxygen atoms in total. The number of Topliss-reactive ketones (excluding diaryl/α,β-unsaturated/α-hetero) is 1. The van der Waals surface area contributed by atoms with Gasteiger partial charge in [0.15, 0.2) is 0 Å². The minimum absolute atomic E-state index is 0.112. The van der Waals surface area contributed by atoms with Crippen LogP contribution in [0.25, 0.3) is 0 Å². The van der Waals surface area contributed by atoms with E-state index in [9.17, 15) is 15.0 Å². The zero-order chi connectivity index (χ0) is 14.7. The molecule has 2 unspecified atom stereocenters. The third kappa shape index (κ3) is 2.99. The van der Waals surface area contributed by atoms with Crippen LogP contribution in [0.3, 0.4) is 0 Å². The van der Waals surface area contributed by atoms with Crippen molar-refractivity contribution in [1.82, 2.24) is 0 Å². The number of carbonyl (C=O) groups excluding carboxylic acids is 1. The first-order valence-electron chi connectivity index (χ1n) is 6.60. The molecule has 0 spiro atoms. The van der Waals surface area contributed by atoms with Crippen LogP contribution in [0.15, 0.2) is 48.5 Å². The quantitative estimate of drug-likeness (QED) is 0.892. The van der Waals surface area contributed by atoms with Gasteiger partial charge in [-0.2, -0.15) is 0 Å². The first-order chi connectivity index (χ1) is 9.49. The normalized spacial score (nSPS) is 13.7. The second-order valence-electron chi connectivity index (χ2n) is 5.03. The van der Waals surface area contributed by atoms with E-state index in [2.05, 4.69) is 0 Å². The smallest absolute Gasteiger partial charge is 0.147 e. The van der Waals surface area contributed by atoms with E-state index in [1.54, 1.807) is 48.5 Å². The Morgan fingerprint density at radius 1 is 0.750 bits per heavy atom. The van der Waals surface area contributed by atoms with Crippen molar-refractivity contribution < 1.29 is 15.0 Å². The second kappa shape index (κ2) is 5.78. The molecule has 2 atom stereocenters. The molecule has 0 heterocycles. The third-order valence-corrected chi connectivity index (χ3v) is 3.64. The maximum Gasteiger partial charge on any atom is 0.147 e. The Kier molecular flexibility index (Phi) is 4.08. The first kappa shape index (κ1) is 14.1. The molecular weight excluding hydrogens is 252 g/mol. The number of benzene rings is 2. The van der Waals surface area contributed by atoms with E-state index in [1.807, 2.05) is 13.8 Å². The SMILES string of the molecule is CC(C(=O)C(C)c1ccc(O)cc1)c1ccc(O)cc1. The van der Waals surface area contributed by atoms with Gasteiger partial charge < -0.3 is 10.2 Å². The Bertz CT molecular complexity index is 531. The Morgan fingerprint density at radius 3 is 1.35 bits per heavy atom. The lowest BCUT2D eigenvalue weighted by molar-refractivity contribution is -0.121. The Labute approximate surface area is 118 Å². The molecule has 0 fully saturated rings. The van der Waals surface area contributed by atoms with E-state index in [1.165, 1.54) is 0 Å². The number of phenols is 2. The Hall–Kier alpha value is -2.29. The van der Waals surface area contributed by atoms with Crippen molar-refractivity contribution in [2.45, 2.75) is 25.7 Å². The minimum atomic E-state index is -0.237. The lowest BCUT2D eigenvalue weighted by Crippen LogP contribution is -2.16. The van der Waals surface area contributed by atoms with Crippen LogP contribution in [-0.2, 0) is 4.79 Å². The summed E-state index contributed by atoms with van der Waals surface area (Å²) in [5.41, 5.74) is 1.77. The first-order valence-corrected chi connectivity index (χ1v) is 6.60. The summed E-state index contributed by atoms with van der Waals surface area (Å²) < 4.78 is 0. The van der Waals surface area contributed by atoms with E-state index in [4.69, 9.17) is 0 Å². The number of rotatable bonds is 4. The molecule has 2 aromatic rings. The van der Waals surface area contributed by atoms with Gasteiger partial charge in [-0.3, -0.25) is 4.79 Å². The summed E-state index contributed by atoms with van der Waals surface area (Å²) in [5, 5.41) is 18.6. The van der Waals surface area contributed by atoms with E-state index >= 15 is 0 Å². The highest BCUT2D eigenvalue weighted by Crippen LogP contribution is 2.27. The fourth-order valence-electron chi connectivity index (χ4n) is 2.23. The van der Waals surface area contributed by atoms with Crippen LogP contribution < -0.4 is 0 Å². The average molecular weight is 270 g/mol. The Morgan fingerprint density at radius 2 is 1.05 bits per heavy atom. The zero-order valence-corrected chi connectivity index (χ0v) is 11.6. The van der Waals surface area contributed by atoms with Gasteiger partial charge in [0.05, 0.1) is 0 Å². The molecule has 0 amide bonds. The maximum atomic E-state index is 12.5. The van der Waals surface area contributed by atoms with Crippen LogP contribution >= 0.6 is 0 Å². The lowest BCUT2D eigenvalue weighted by Gasteiger charge is -2.17. The Balaban J connectivity index is 2.17. The van der Waals surface area contributed by atoms with Crippen LogP contribution in [-0.4, -0.2) is 16.0 Å². The molecule has 0 saturated heterocycles. The highest BCUT2D eigenvalue weighted by Gasteiger charge is 2.22. The lowest BCUT2D eigenvalue weighted by atomic mass is 9.86. The molecule has 0 aliphatic carbocycles. The molecule has 0 aliphatic heterocycles. The van der Waals surface area contributed by atoms with Crippen molar-refractivity contribution in [3.63, 3.8) is 0 Å². The molecular formula is C17H18O3. The molecule has 0 radical (unpaired) electrons. The average Bonchev–Trinajstić information content (AvgIpc) is 2.46. The largest absolute Gasteiger partial charge is 0.508 e. The van der Waals surface area contributed by atoms with E-state index < -0.39 is 0 Å². The van der Waals surface area contributed by atoms with Crippen LogP contribution in [0.5, 0.6) is 11.5 Å². The molecule has 0 saturated carbocycles. The monoisotopic (exact) mass is 270 g/mol. The number of hydrogen-bond acceptors (Lipinski definition) is 3. The summed E-state index contributed by atoms with van der Waals surface area (Å²) >= 11 is 0. The van der Waals surface area contributed by atoms with Gasteiger partial charge in [-0.15, -0.1) is 0 Å². The highest BCUT2D eigenvalue weighted by atomic mass is 16.3. The van der Waals surface area contributed by atoms with E-state index in [0.29, 0.717) is 0 Å². The number of phenolic OH excluding ortho intramolecular Hbond substituents is 2. The molecule has 2 rings (SSSR count). The summed E-state index contributed by atoms with van der Waals surface area (Å²) in [5.74, 6) is 0.0279. The second-order valence-corrected chi connectivity index (χ2v) is 5.03. The zero-order valence-electron chi connectivity index (χ0n) is 11.6. The van der Waals surface area contributed by atoms with Crippen LogP contribution in [0.4, 0.5) is 0 Å². The van der Waals surface area contributed by atoms with Gasteiger partial charge in [-0.1, -0.05) is 38.1 Å². The molecule has 2 aromatic carbocycles. The van der Waals surface area contributed by atoms with E-state index in [0.717, 1.165) is 11.1 Å². The van der Waals surface area contributed by atoms with Crippen molar-refractivity contribution >= 4 is 5.78 Å². The number of carbonyl (C=O) groups is 1. The molecule has 0 aliphatic rings. The van der Waals surface area contributed by atoms with Gasteiger partial charge in [0.1, 0.15) is 17.3 Å². The molecule has 0 aromatic heterocycles. The summed E-state index contributed by atoms with van der Waals surface area (Å²) in [6.07, 6.45) is 0. The summed E-state index contributed by atoms with van der Waals surface area (Å²) in [6.45, 7) is 3.73. The van der Waals surface area contributed by atoms with Gasteiger partial charge in [-0.25, -0.2) is 0 Å². The predicted octanol–water partition coefficient (Wildman–Crippen LogP) is 3.57. The molecule has 0 bridgehead atoms. The fourth-order valence-corrected chi connectivity index (χ4v) is 2.23. The standard InChI is InChI=1S/C17H18O3/c1-11(13-3-7-15(18)8-4-13)17(20)12(2)14-5-9-16(19)10-6-14/h3-12,18-19H,1-2H3. The number of ketones is 1. The topological polar surface area (TPSA) is 57.5 Å². The van der Waals surface area contributed by atoms with Crippen LogP contribution in [0.1, 0.15) is 36.8 Å². The maximum absolute atomic E-state index is 12.5. The van der Waals surface area contributed by atoms with E-state index in [-0.39, 0.29) is 29.1 Å². The van der Waals surface area contributed by atoms with Crippen LogP contribution in [0, 0.1) is 0 Å². The molecule has 20 heavy (non-hydrogen) atoms. The number of hydrogen-bond donors (Lipinski definition) is 2.